The summed E-state index contributed by atoms with van der Waals surface area (Å²) in [4.78, 5) is 13.8. The molecular formula is C20H23F3N6. The van der Waals surface area contributed by atoms with E-state index < -0.39 is 17.7 Å². The fraction of sp³-hybridized carbons (Fsp3) is 0.400. The van der Waals surface area contributed by atoms with Crippen LogP contribution in [0.5, 0.6) is 0 Å². The molecule has 0 spiro atoms. The molecule has 1 atom stereocenters. The molecule has 0 bridgehead atoms. The number of hydrogen-bond donors (Lipinski definition) is 2. The van der Waals surface area contributed by atoms with Gasteiger partial charge in [0.2, 0.25) is 0 Å². The van der Waals surface area contributed by atoms with E-state index in [0.717, 1.165) is 6.21 Å². The monoisotopic (exact) mass is 404 g/mol. The first-order valence-corrected chi connectivity index (χ1v) is 9.27. The molecule has 1 unspecified atom stereocenters. The summed E-state index contributed by atoms with van der Waals surface area (Å²) in [5.74, 6) is -3.41. The minimum Gasteiger partial charge on any atom is -0.398 e. The van der Waals surface area contributed by atoms with Gasteiger partial charge in [-0.1, -0.05) is 0 Å². The molecule has 1 aliphatic heterocycles. The third kappa shape index (κ3) is 4.90. The molecule has 2 aromatic rings. The molecule has 3 rings (SSSR count). The van der Waals surface area contributed by atoms with Gasteiger partial charge >= 0.3 is 0 Å². The second kappa shape index (κ2) is 8.59. The lowest BCUT2D eigenvalue weighted by Crippen LogP contribution is -2.43. The molecule has 1 aromatic carbocycles. The van der Waals surface area contributed by atoms with E-state index in [1.54, 1.807) is 24.1 Å². The molecule has 0 radical (unpaired) electrons. The van der Waals surface area contributed by atoms with Gasteiger partial charge in [0, 0.05) is 56.2 Å². The van der Waals surface area contributed by atoms with Gasteiger partial charge in [0.1, 0.15) is 18.0 Å². The summed E-state index contributed by atoms with van der Waals surface area (Å²) in [6.07, 6.45) is 4.47. The van der Waals surface area contributed by atoms with Gasteiger partial charge in [0.05, 0.1) is 18.2 Å². The summed E-state index contributed by atoms with van der Waals surface area (Å²) >= 11 is 0. The quantitative estimate of drug-likeness (QED) is 0.570. The number of aliphatic imine (C=N–C) groups is 1. The molecule has 2 heterocycles. The predicted molar refractivity (Wildman–Crippen MR) is 108 cm³/mol. The number of nitrogens with zero attached hydrogens (tertiary/aromatic N) is 4. The van der Waals surface area contributed by atoms with E-state index in [2.05, 4.69) is 15.0 Å². The van der Waals surface area contributed by atoms with Crippen molar-refractivity contribution < 1.29 is 13.2 Å². The zero-order valence-electron chi connectivity index (χ0n) is 16.1. The minimum absolute atomic E-state index is 0.119. The van der Waals surface area contributed by atoms with E-state index >= 15 is 0 Å². The number of hydrogen-bond acceptors (Lipinski definition) is 6. The van der Waals surface area contributed by atoms with Crippen LogP contribution in [-0.4, -0.2) is 48.5 Å². The van der Waals surface area contributed by atoms with Crippen molar-refractivity contribution in [3.05, 3.63) is 47.2 Å². The zero-order valence-corrected chi connectivity index (χ0v) is 16.1. The number of piperidine rings is 1. The summed E-state index contributed by atoms with van der Waals surface area (Å²) in [5.41, 5.74) is 7.75. The molecular weight excluding hydrogens is 381 g/mol. The van der Waals surface area contributed by atoms with Gasteiger partial charge in [-0.15, -0.1) is 0 Å². The summed E-state index contributed by atoms with van der Waals surface area (Å²) in [6, 6.07) is 4.47. The van der Waals surface area contributed by atoms with Crippen LogP contribution in [0.2, 0.25) is 0 Å². The van der Waals surface area contributed by atoms with E-state index in [1.807, 2.05) is 0 Å². The van der Waals surface area contributed by atoms with Crippen molar-refractivity contribution in [1.29, 1.82) is 5.41 Å². The van der Waals surface area contributed by atoms with Crippen molar-refractivity contribution in [1.82, 2.24) is 9.97 Å². The third-order valence-electron chi connectivity index (χ3n) is 4.90. The smallest absolute Gasteiger partial charge is 0.265 e. The molecule has 0 aliphatic carbocycles. The Morgan fingerprint density at radius 1 is 1.34 bits per heavy atom. The number of nitrogens with two attached hydrogens (primary N) is 1. The van der Waals surface area contributed by atoms with Crippen LogP contribution in [-0.2, 0) is 6.42 Å². The van der Waals surface area contributed by atoms with Crippen LogP contribution in [0.3, 0.4) is 0 Å². The lowest BCUT2D eigenvalue weighted by atomic mass is 9.95. The number of nitrogen functional groups attached to an aromatic ring is 1. The highest BCUT2D eigenvalue weighted by molar-refractivity contribution is 5.89. The first-order chi connectivity index (χ1) is 13.8. The Labute approximate surface area is 167 Å². The van der Waals surface area contributed by atoms with Gasteiger partial charge in [-0.25, -0.2) is 23.1 Å². The van der Waals surface area contributed by atoms with Crippen molar-refractivity contribution in [2.45, 2.75) is 31.1 Å². The van der Waals surface area contributed by atoms with Gasteiger partial charge in [0.15, 0.2) is 0 Å². The molecule has 9 heteroatoms. The van der Waals surface area contributed by atoms with Gasteiger partial charge in [-0.2, -0.15) is 0 Å². The van der Waals surface area contributed by atoms with Crippen LogP contribution in [0.15, 0.2) is 29.5 Å². The molecule has 1 fully saturated rings. The van der Waals surface area contributed by atoms with Crippen LogP contribution >= 0.6 is 0 Å². The number of nitrogens with one attached hydrogen (secondary N) is 1. The van der Waals surface area contributed by atoms with E-state index in [0.29, 0.717) is 35.6 Å². The largest absolute Gasteiger partial charge is 0.398 e. The van der Waals surface area contributed by atoms with E-state index in [1.165, 1.54) is 18.6 Å². The van der Waals surface area contributed by atoms with Crippen molar-refractivity contribution in [3.8, 4) is 0 Å². The zero-order chi connectivity index (χ0) is 21.0. The Morgan fingerprint density at radius 3 is 2.83 bits per heavy atom. The maximum absolute atomic E-state index is 14.4. The van der Waals surface area contributed by atoms with Gasteiger partial charge < -0.3 is 16.0 Å². The Balaban J connectivity index is 1.87. The van der Waals surface area contributed by atoms with Crippen LogP contribution in [0.4, 0.5) is 24.7 Å². The Kier molecular flexibility index (Phi) is 6.14. The highest BCUT2D eigenvalue weighted by Crippen LogP contribution is 2.30. The number of benzene rings is 1. The molecule has 1 saturated heterocycles. The fourth-order valence-electron chi connectivity index (χ4n) is 3.45. The van der Waals surface area contributed by atoms with Crippen molar-refractivity contribution in [2.75, 3.05) is 30.8 Å². The van der Waals surface area contributed by atoms with Crippen LogP contribution in [0.25, 0.3) is 0 Å². The third-order valence-corrected chi connectivity index (χ3v) is 4.90. The minimum atomic E-state index is -2.73. The summed E-state index contributed by atoms with van der Waals surface area (Å²) in [5, 5.41) is 7.51. The Morgan fingerprint density at radius 2 is 2.14 bits per heavy atom. The molecule has 0 amide bonds. The molecule has 0 saturated carbocycles. The highest BCUT2D eigenvalue weighted by atomic mass is 19.3. The fourth-order valence-corrected chi connectivity index (χ4v) is 3.45. The standard InChI is InChI=1S/C20H23F3N6/c1-26-10-14(9-24)16-6-13(18(25)8-17(16)21)5-15-7-19(28-12-27-15)29-4-2-3-20(22,23)11-29/h6-10,12,14,24H,2-5,11,25H2,1H3. The first-order valence-electron chi connectivity index (χ1n) is 9.27. The second-order valence-electron chi connectivity index (χ2n) is 7.10. The van der Waals surface area contributed by atoms with Gasteiger partial charge in [0.25, 0.3) is 5.92 Å². The molecule has 1 aromatic heterocycles. The van der Waals surface area contributed by atoms with Gasteiger partial charge in [-0.05, 0) is 24.1 Å². The Hall–Kier alpha value is -2.97. The summed E-state index contributed by atoms with van der Waals surface area (Å²) < 4.78 is 41.8. The lowest BCUT2D eigenvalue weighted by Gasteiger charge is -2.33. The highest BCUT2D eigenvalue weighted by Gasteiger charge is 2.35. The second-order valence-corrected chi connectivity index (χ2v) is 7.10. The summed E-state index contributed by atoms with van der Waals surface area (Å²) in [7, 11) is 1.55. The van der Waals surface area contributed by atoms with Gasteiger partial charge in [-0.3, -0.25) is 4.99 Å². The topological polar surface area (TPSA) is 91.2 Å². The van der Waals surface area contributed by atoms with Crippen LogP contribution < -0.4 is 10.6 Å². The molecule has 6 nitrogen and oxygen atoms in total. The molecule has 29 heavy (non-hydrogen) atoms. The van der Waals surface area contributed by atoms with Crippen LogP contribution in [0.1, 0.15) is 35.6 Å². The summed E-state index contributed by atoms with van der Waals surface area (Å²) in [6.45, 7) is 0.135. The van der Waals surface area contributed by atoms with Crippen molar-refractivity contribution in [2.24, 2.45) is 4.99 Å². The van der Waals surface area contributed by atoms with E-state index in [-0.39, 0.29) is 25.1 Å². The normalized spacial score (nSPS) is 17.4. The number of anilines is 2. The average molecular weight is 404 g/mol. The number of aromatic nitrogens is 2. The van der Waals surface area contributed by atoms with Crippen molar-refractivity contribution in [3.63, 3.8) is 0 Å². The van der Waals surface area contributed by atoms with Crippen LogP contribution in [0, 0.1) is 11.2 Å². The molecule has 1 aliphatic rings. The van der Waals surface area contributed by atoms with E-state index in [9.17, 15) is 13.2 Å². The lowest BCUT2D eigenvalue weighted by molar-refractivity contribution is -0.0118. The Bertz CT molecular complexity index is 915. The predicted octanol–water partition coefficient (Wildman–Crippen LogP) is 3.46. The maximum Gasteiger partial charge on any atom is 0.265 e. The van der Waals surface area contributed by atoms with Crippen molar-refractivity contribution >= 4 is 23.9 Å². The number of alkyl halides is 2. The average Bonchev–Trinajstić information content (AvgIpc) is 2.68. The van der Waals surface area contributed by atoms with E-state index in [4.69, 9.17) is 11.1 Å². The SMILES string of the molecule is CN=CC(C=N)c1cc(Cc2cc(N3CCCC(F)(F)C3)ncn2)c(N)cc1F. The number of rotatable bonds is 6. The molecule has 3 N–H and O–H groups in total. The first kappa shape index (κ1) is 20.8. The molecule has 154 valence electrons. The number of halogens is 3. The maximum atomic E-state index is 14.4.